The largest absolute Gasteiger partial charge is 0.378 e. The third-order valence-corrected chi connectivity index (χ3v) is 7.50. The second-order valence-electron chi connectivity index (χ2n) is 9.04. The molecule has 0 aliphatic carbocycles. The molecule has 2 aromatic carbocycles. The van der Waals surface area contributed by atoms with E-state index in [-0.39, 0.29) is 23.3 Å². The molecule has 3 rings (SSSR count). The zero-order valence-corrected chi connectivity index (χ0v) is 22.6. The number of nitrogens with one attached hydrogen (secondary N) is 2. The minimum atomic E-state index is -3.73. The Morgan fingerprint density at radius 3 is 2.28 bits per heavy atom. The number of morpholine rings is 1. The van der Waals surface area contributed by atoms with Crippen molar-refractivity contribution in [2.24, 2.45) is 16.5 Å². The Bertz CT molecular complexity index is 1230. The topological polar surface area (TPSA) is 169 Å². The standard InChI is InChI=1S/C27H36N6O5S/c28-26(29)30-14-7-10-22(13-19-39(36,37)23-11-5-2-6-12-23)31-25(34)24(20-21-8-3-1-4-9-21)32-27(35)33-15-17-38-18-16-33/h1-6,8-9,11-13,19,22,24H,7,10,14-18,20H2,(H,31,34)(H,32,35)(H4,28,29,30)/t22-,24-/m0/s1. The molecule has 11 nitrogen and oxygen atoms in total. The smallest absolute Gasteiger partial charge is 0.318 e. The van der Waals surface area contributed by atoms with Gasteiger partial charge in [0.2, 0.25) is 5.91 Å². The molecule has 0 aromatic heterocycles. The quantitative estimate of drug-likeness (QED) is 0.173. The fraction of sp³-hybridized carbons (Fsp3) is 0.370. The van der Waals surface area contributed by atoms with Crippen molar-refractivity contribution in [1.29, 1.82) is 0 Å². The van der Waals surface area contributed by atoms with Crippen molar-refractivity contribution >= 4 is 27.7 Å². The molecule has 39 heavy (non-hydrogen) atoms. The zero-order chi connectivity index (χ0) is 28.1. The highest BCUT2D eigenvalue weighted by atomic mass is 32.2. The van der Waals surface area contributed by atoms with Crippen LogP contribution in [-0.2, 0) is 25.8 Å². The summed E-state index contributed by atoms with van der Waals surface area (Å²) >= 11 is 0. The van der Waals surface area contributed by atoms with Crippen LogP contribution in [0.5, 0.6) is 0 Å². The first-order valence-corrected chi connectivity index (χ1v) is 14.3. The van der Waals surface area contributed by atoms with Crippen LogP contribution in [0.3, 0.4) is 0 Å². The third-order valence-electron chi connectivity index (χ3n) is 6.05. The molecule has 1 heterocycles. The van der Waals surface area contributed by atoms with E-state index in [1.807, 2.05) is 30.3 Å². The molecule has 1 saturated heterocycles. The molecule has 2 aromatic rings. The van der Waals surface area contributed by atoms with E-state index >= 15 is 0 Å². The van der Waals surface area contributed by atoms with Gasteiger partial charge >= 0.3 is 6.03 Å². The van der Waals surface area contributed by atoms with Crippen LogP contribution >= 0.6 is 0 Å². The van der Waals surface area contributed by atoms with E-state index in [9.17, 15) is 18.0 Å². The van der Waals surface area contributed by atoms with Crippen LogP contribution in [0.2, 0.25) is 0 Å². The first-order valence-electron chi connectivity index (χ1n) is 12.8. The number of nitrogens with two attached hydrogens (primary N) is 2. The van der Waals surface area contributed by atoms with Crippen LogP contribution < -0.4 is 22.1 Å². The first-order chi connectivity index (χ1) is 18.7. The molecule has 0 bridgehead atoms. The Morgan fingerprint density at radius 1 is 1.00 bits per heavy atom. The molecule has 0 spiro atoms. The van der Waals surface area contributed by atoms with Crippen molar-refractivity contribution < 1.29 is 22.7 Å². The minimum Gasteiger partial charge on any atom is -0.378 e. The van der Waals surface area contributed by atoms with Crippen molar-refractivity contribution in [3.63, 3.8) is 0 Å². The summed E-state index contributed by atoms with van der Waals surface area (Å²) in [5, 5.41) is 6.83. The van der Waals surface area contributed by atoms with Crippen LogP contribution in [0.15, 0.2) is 82.0 Å². The first kappa shape index (κ1) is 29.7. The van der Waals surface area contributed by atoms with E-state index in [0.717, 1.165) is 11.0 Å². The number of amides is 3. The van der Waals surface area contributed by atoms with E-state index < -0.39 is 27.8 Å². The Labute approximate surface area is 229 Å². The molecule has 210 valence electrons. The van der Waals surface area contributed by atoms with Gasteiger partial charge in [-0.25, -0.2) is 13.2 Å². The number of carbonyl (C=O) groups excluding carboxylic acids is 2. The number of carbonyl (C=O) groups is 2. The Kier molecular flexibility index (Phi) is 11.3. The van der Waals surface area contributed by atoms with Gasteiger partial charge < -0.3 is 31.7 Å². The molecule has 1 aliphatic rings. The minimum absolute atomic E-state index is 0.0495. The summed E-state index contributed by atoms with van der Waals surface area (Å²) in [5.41, 5.74) is 11.7. The molecule has 0 radical (unpaired) electrons. The van der Waals surface area contributed by atoms with E-state index in [1.54, 1.807) is 23.1 Å². The number of nitrogens with zero attached hydrogens (tertiary/aromatic N) is 2. The monoisotopic (exact) mass is 556 g/mol. The molecule has 3 amide bonds. The summed E-state index contributed by atoms with van der Waals surface area (Å²) in [5.74, 6) is -0.486. The fourth-order valence-corrected chi connectivity index (χ4v) is 5.06. The molecule has 1 aliphatic heterocycles. The van der Waals surface area contributed by atoms with Gasteiger partial charge in [-0.1, -0.05) is 54.6 Å². The fourth-order valence-electron chi connectivity index (χ4n) is 3.97. The number of ether oxygens (including phenoxy) is 1. The van der Waals surface area contributed by atoms with Crippen LogP contribution in [0, 0.1) is 0 Å². The van der Waals surface area contributed by atoms with Crippen molar-refractivity contribution in [2.45, 2.75) is 36.2 Å². The lowest BCUT2D eigenvalue weighted by Gasteiger charge is -2.29. The maximum absolute atomic E-state index is 13.5. The lowest BCUT2D eigenvalue weighted by atomic mass is 10.0. The number of rotatable bonds is 12. The van der Waals surface area contributed by atoms with Gasteiger partial charge in [0.1, 0.15) is 6.04 Å². The molecular weight excluding hydrogens is 520 g/mol. The van der Waals surface area contributed by atoms with Crippen LogP contribution in [0.1, 0.15) is 18.4 Å². The maximum Gasteiger partial charge on any atom is 0.318 e. The van der Waals surface area contributed by atoms with Gasteiger partial charge in [-0.15, -0.1) is 0 Å². The summed E-state index contributed by atoms with van der Waals surface area (Å²) in [4.78, 5) is 32.1. The lowest BCUT2D eigenvalue weighted by Crippen LogP contribution is -2.55. The number of sulfone groups is 1. The summed E-state index contributed by atoms with van der Waals surface area (Å²) in [6.07, 6.45) is 2.56. The summed E-state index contributed by atoms with van der Waals surface area (Å²) in [6, 6.07) is 15.5. The highest BCUT2D eigenvalue weighted by Gasteiger charge is 2.26. The van der Waals surface area contributed by atoms with Crippen LogP contribution in [0.25, 0.3) is 0 Å². The SMILES string of the molecule is NC(N)=NCCC[C@@H](C=CS(=O)(=O)c1ccccc1)NC(=O)[C@H](Cc1ccccc1)NC(=O)N1CCOCC1. The van der Waals surface area contributed by atoms with E-state index in [1.165, 1.54) is 18.2 Å². The molecule has 6 N–H and O–H groups in total. The van der Waals surface area contributed by atoms with E-state index in [2.05, 4.69) is 15.6 Å². The normalized spacial score (nSPS) is 15.3. The van der Waals surface area contributed by atoms with Crippen LogP contribution in [0.4, 0.5) is 4.79 Å². The summed E-state index contributed by atoms with van der Waals surface area (Å²) < 4.78 is 30.9. The van der Waals surface area contributed by atoms with Crippen molar-refractivity contribution in [2.75, 3.05) is 32.8 Å². The highest BCUT2D eigenvalue weighted by molar-refractivity contribution is 7.94. The van der Waals surface area contributed by atoms with E-state index in [0.29, 0.717) is 45.7 Å². The van der Waals surface area contributed by atoms with E-state index in [4.69, 9.17) is 16.2 Å². The molecule has 1 fully saturated rings. The second-order valence-corrected chi connectivity index (χ2v) is 10.9. The maximum atomic E-state index is 13.5. The number of guanidine groups is 1. The van der Waals surface area contributed by atoms with Gasteiger partial charge in [0.15, 0.2) is 15.8 Å². The highest BCUT2D eigenvalue weighted by Crippen LogP contribution is 2.13. The Hall–Kier alpha value is -3.90. The summed E-state index contributed by atoms with van der Waals surface area (Å²) in [6.45, 7) is 2.04. The summed E-state index contributed by atoms with van der Waals surface area (Å²) in [7, 11) is -3.73. The second kappa shape index (κ2) is 14.9. The van der Waals surface area contributed by atoms with Gasteiger partial charge in [0.05, 0.1) is 18.1 Å². The molecule has 0 unspecified atom stereocenters. The van der Waals surface area contributed by atoms with Gasteiger partial charge in [-0.05, 0) is 30.5 Å². The zero-order valence-electron chi connectivity index (χ0n) is 21.7. The average Bonchev–Trinajstić information content (AvgIpc) is 2.94. The lowest BCUT2D eigenvalue weighted by molar-refractivity contribution is -0.123. The molecular formula is C27H36N6O5S. The number of hydrogen-bond acceptors (Lipinski definition) is 6. The van der Waals surface area contributed by atoms with Gasteiger partial charge in [0, 0.05) is 37.5 Å². The number of hydrogen-bond donors (Lipinski definition) is 4. The van der Waals surface area contributed by atoms with Crippen molar-refractivity contribution in [1.82, 2.24) is 15.5 Å². The van der Waals surface area contributed by atoms with Gasteiger partial charge in [-0.2, -0.15) is 0 Å². The Balaban J connectivity index is 1.78. The third kappa shape index (κ3) is 10.1. The average molecular weight is 557 g/mol. The van der Waals surface area contributed by atoms with Gasteiger partial charge in [-0.3, -0.25) is 9.79 Å². The van der Waals surface area contributed by atoms with Crippen molar-refractivity contribution in [3.8, 4) is 0 Å². The van der Waals surface area contributed by atoms with Gasteiger partial charge in [0.25, 0.3) is 0 Å². The van der Waals surface area contributed by atoms with Crippen molar-refractivity contribution in [3.05, 3.63) is 77.7 Å². The predicted octanol–water partition coefficient (Wildman–Crippen LogP) is 1.17. The number of urea groups is 1. The Morgan fingerprint density at radius 2 is 1.64 bits per heavy atom. The molecule has 0 saturated carbocycles. The molecule has 12 heteroatoms. The number of benzene rings is 2. The molecule has 2 atom stereocenters. The number of aliphatic imine (C=N–C) groups is 1. The predicted molar refractivity (Wildman–Crippen MR) is 149 cm³/mol. The van der Waals surface area contributed by atoms with Crippen LogP contribution in [-0.4, -0.2) is 76.1 Å².